The third-order valence-electron chi connectivity index (χ3n) is 4.81. The minimum absolute atomic E-state index is 0.276. The Hall–Kier alpha value is -3.55. The number of nitrogens with one attached hydrogen (secondary N) is 1. The predicted octanol–water partition coefficient (Wildman–Crippen LogP) is 6.16. The lowest BCUT2D eigenvalue weighted by atomic mass is 10.1. The number of hydrogen-bond donors (Lipinski definition) is 1. The molecule has 0 radical (unpaired) electrons. The van der Waals surface area contributed by atoms with Crippen molar-refractivity contribution in [2.45, 2.75) is 20.3 Å². The lowest BCUT2D eigenvalue weighted by Crippen LogP contribution is -2.12. The summed E-state index contributed by atoms with van der Waals surface area (Å²) in [7, 11) is 0. The quantitative estimate of drug-likeness (QED) is 0.356. The molecule has 0 spiro atoms. The van der Waals surface area contributed by atoms with Crippen LogP contribution in [0.15, 0.2) is 61.1 Å². The summed E-state index contributed by atoms with van der Waals surface area (Å²) >= 11 is 12.2. The fraction of sp³-hybridized carbons (Fsp3) is 0.125. The first-order chi connectivity index (χ1) is 16.0. The molecule has 9 heteroatoms. The van der Waals surface area contributed by atoms with Crippen LogP contribution >= 0.6 is 23.2 Å². The van der Waals surface area contributed by atoms with Gasteiger partial charge in [0.25, 0.3) is 5.91 Å². The number of carbonyl (C=O) groups excluding carboxylic acids is 1. The summed E-state index contributed by atoms with van der Waals surface area (Å²) in [5.74, 6) is 1.58. The zero-order valence-corrected chi connectivity index (χ0v) is 19.4. The second-order valence-electron chi connectivity index (χ2n) is 7.07. The van der Waals surface area contributed by atoms with Crippen LogP contribution in [0.4, 0.5) is 5.69 Å². The number of pyridine rings is 1. The van der Waals surface area contributed by atoms with Crippen molar-refractivity contribution in [3.8, 4) is 23.0 Å². The van der Waals surface area contributed by atoms with Gasteiger partial charge in [-0.2, -0.15) is 0 Å². The van der Waals surface area contributed by atoms with Crippen molar-refractivity contribution in [3.05, 3.63) is 88.1 Å². The molecule has 4 aromatic rings. The first-order valence-electron chi connectivity index (χ1n) is 10.1. The van der Waals surface area contributed by atoms with E-state index in [1.807, 2.05) is 19.9 Å². The number of halogens is 2. The monoisotopic (exact) mass is 479 g/mol. The highest BCUT2D eigenvalue weighted by molar-refractivity contribution is 6.44. The maximum Gasteiger partial charge on any atom is 0.255 e. The van der Waals surface area contributed by atoms with Gasteiger partial charge in [-0.05, 0) is 48.9 Å². The smallest absolute Gasteiger partial charge is 0.255 e. The normalized spacial score (nSPS) is 10.7. The number of amides is 1. The van der Waals surface area contributed by atoms with Gasteiger partial charge in [0, 0.05) is 18.2 Å². The minimum atomic E-state index is -0.352. The number of aryl methyl sites for hydroxylation is 2. The Morgan fingerprint density at radius 3 is 2.73 bits per heavy atom. The summed E-state index contributed by atoms with van der Waals surface area (Å²) in [6, 6.07) is 13.8. The lowest BCUT2D eigenvalue weighted by Gasteiger charge is -2.13. The number of ether oxygens (including phenoxy) is 1. The van der Waals surface area contributed by atoms with Crippen LogP contribution in [0.1, 0.15) is 28.7 Å². The van der Waals surface area contributed by atoms with Gasteiger partial charge in [-0.15, -0.1) is 0 Å². The molecule has 0 atom stereocenters. The van der Waals surface area contributed by atoms with Gasteiger partial charge in [-0.25, -0.2) is 19.9 Å². The van der Waals surface area contributed by atoms with E-state index < -0.39 is 0 Å². The highest BCUT2D eigenvalue weighted by Crippen LogP contribution is 2.33. The van der Waals surface area contributed by atoms with Crippen LogP contribution in [0.3, 0.4) is 0 Å². The van der Waals surface area contributed by atoms with Gasteiger partial charge >= 0.3 is 0 Å². The molecule has 4 rings (SSSR count). The molecule has 2 aromatic carbocycles. The van der Waals surface area contributed by atoms with E-state index in [0.717, 1.165) is 5.56 Å². The zero-order chi connectivity index (χ0) is 23.4. The third kappa shape index (κ3) is 5.10. The number of hydrogen-bond acceptors (Lipinski definition) is 6. The summed E-state index contributed by atoms with van der Waals surface area (Å²) in [5.41, 5.74) is 2.26. The lowest BCUT2D eigenvalue weighted by molar-refractivity contribution is 0.102. The molecule has 0 aliphatic carbocycles. The number of benzene rings is 2. The number of rotatable bonds is 6. The predicted molar refractivity (Wildman–Crippen MR) is 128 cm³/mol. The Labute approximate surface area is 200 Å². The Bertz CT molecular complexity index is 1330. The molecular formula is C24H19Cl2N5O2. The number of nitrogens with zero attached hydrogens (tertiary/aromatic N) is 4. The van der Waals surface area contributed by atoms with Gasteiger partial charge in [0.1, 0.15) is 17.9 Å². The van der Waals surface area contributed by atoms with Crippen LogP contribution < -0.4 is 10.1 Å². The van der Waals surface area contributed by atoms with Gasteiger partial charge < -0.3 is 10.1 Å². The fourth-order valence-electron chi connectivity index (χ4n) is 3.02. The molecule has 0 aliphatic heterocycles. The van der Waals surface area contributed by atoms with E-state index in [1.165, 1.54) is 6.33 Å². The van der Waals surface area contributed by atoms with E-state index in [-0.39, 0.29) is 10.9 Å². The fourth-order valence-corrected chi connectivity index (χ4v) is 3.37. The number of carbonyl (C=O) groups is 1. The second kappa shape index (κ2) is 9.94. The molecule has 33 heavy (non-hydrogen) atoms. The molecule has 166 valence electrons. The van der Waals surface area contributed by atoms with E-state index in [1.54, 1.807) is 48.7 Å². The molecular weight excluding hydrogens is 461 g/mol. The maximum atomic E-state index is 12.8. The zero-order valence-electron chi connectivity index (χ0n) is 17.8. The molecule has 7 nitrogen and oxygen atoms in total. The Morgan fingerprint density at radius 1 is 1.06 bits per heavy atom. The van der Waals surface area contributed by atoms with Crippen molar-refractivity contribution in [3.63, 3.8) is 0 Å². The summed E-state index contributed by atoms with van der Waals surface area (Å²) in [4.78, 5) is 30.1. The van der Waals surface area contributed by atoms with Crippen LogP contribution in [-0.2, 0) is 6.42 Å². The topological polar surface area (TPSA) is 89.9 Å². The maximum absolute atomic E-state index is 12.8. The molecule has 1 amide bonds. The minimum Gasteiger partial charge on any atom is -0.438 e. The van der Waals surface area contributed by atoms with Gasteiger partial charge in [0.15, 0.2) is 5.82 Å². The van der Waals surface area contributed by atoms with Crippen LogP contribution in [0.5, 0.6) is 11.6 Å². The van der Waals surface area contributed by atoms with E-state index >= 15 is 0 Å². The standard InChI is InChI=1S/C24H19Cl2N5O2/c1-3-20-28-13-29-22(31-20)16-6-5-11-27-24(16)33-19-12-15(10-9-14(19)2)23(32)30-18-8-4-7-17(25)21(18)26/h4-13H,3H2,1-2H3,(H,30,32). The SMILES string of the molecule is CCc1ncnc(-c2cccnc2Oc2cc(C(=O)Nc3cccc(Cl)c3Cl)ccc2C)n1. The molecule has 0 saturated heterocycles. The van der Waals surface area contributed by atoms with Crippen molar-refractivity contribution in [1.29, 1.82) is 0 Å². The highest BCUT2D eigenvalue weighted by Gasteiger charge is 2.16. The molecule has 1 N–H and O–H groups in total. The number of aromatic nitrogens is 4. The summed E-state index contributed by atoms with van der Waals surface area (Å²) < 4.78 is 6.11. The van der Waals surface area contributed by atoms with Crippen LogP contribution in [0.25, 0.3) is 11.4 Å². The van der Waals surface area contributed by atoms with Gasteiger partial charge in [-0.1, -0.05) is 42.3 Å². The Morgan fingerprint density at radius 2 is 1.91 bits per heavy atom. The molecule has 0 saturated carbocycles. The Balaban J connectivity index is 1.63. The average molecular weight is 480 g/mol. The molecule has 2 heterocycles. The van der Waals surface area contributed by atoms with Crippen molar-refractivity contribution in [2.75, 3.05) is 5.32 Å². The van der Waals surface area contributed by atoms with E-state index in [2.05, 4.69) is 25.3 Å². The summed E-state index contributed by atoms with van der Waals surface area (Å²) in [6.45, 7) is 3.85. The average Bonchev–Trinajstić information content (AvgIpc) is 2.83. The summed E-state index contributed by atoms with van der Waals surface area (Å²) in [5, 5.41) is 3.41. The van der Waals surface area contributed by atoms with Gasteiger partial charge in [0.2, 0.25) is 5.88 Å². The van der Waals surface area contributed by atoms with Crippen LogP contribution in [0, 0.1) is 6.92 Å². The van der Waals surface area contributed by atoms with E-state index in [4.69, 9.17) is 27.9 Å². The van der Waals surface area contributed by atoms with Crippen molar-refractivity contribution < 1.29 is 9.53 Å². The first-order valence-corrected chi connectivity index (χ1v) is 10.9. The van der Waals surface area contributed by atoms with Crippen LogP contribution in [-0.4, -0.2) is 25.8 Å². The molecule has 0 bridgehead atoms. The Kier molecular flexibility index (Phi) is 6.82. The third-order valence-corrected chi connectivity index (χ3v) is 5.63. The van der Waals surface area contributed by atoms with Gasteiger partial charge in [-0.3, -0.25) is 4.79 Å². The van der Waals surface area contributed by atoms with Crippen molar-refractivity contribution in [1.82, 2.24) is 19.9 Å². The summed E-state index contributed by atoms with van der Waals surface area (Å²) in [6.07, 6.45) is 3.77. The van der Waals surface area contributed by atoms with Crippen LogP contribution in [0.2, 0.25) is 10.0 Å². The van der Waals surface area contributed by atoms with Gasteiger partial charge in [0.05, 0.1) is 21.3 Å². The molecule has 2 aromatic heterocycles. The number of anilines is 1. The second-order valence-corrected chi connectivity index (χ2v) is 7.86. The molecule has 0 aliphatic rings. The van der Waals surface area contributed by atoms with Crippen molar-refractivity contribution >= 4 is 34.8 Å². The first kappa shape index (κ1) is 22.6. The molecule has 0 fully saturated rings. The molecule has 0 unspecified atom stereocenters. The highest BCUT2D eigenvalue weighted by atomic mass is 35.5. The van der Waals surface area contributed by atoms with E-state index in [9.17, 15) is 4.79 Å². The van der Waals surface area contributed by atoms with E-state index in [0.29, 0.717) is 51.5 Å². The largest absolute Gasteiger partial charge is 0.438 e. The van der Waals surface area contributed by atoms with Crippen molar-refractivity contribution in [2.24, 2.45) is 0 Å².